The minimum absolute atomic E-state index is 0.131. The lowest BCUT2D eigenvalue weighted by atomic mass is 10.0. The number of ether oxygens (including phenoxy) is 1. The molecule has 116 valence electrons. The van der Waals surface area contributed by atoms with Crippen LogP contribution in [0.15, 0.2) is 36.5 Å². The van der Waals surface area contributed by atoms with Crippen LogP contribution in [0.4, 0.5) is 5.69 Å². The number of aryl methyl sites for hydroxylation is 2. The number of hydrogen-bond donors (Lipinski definition) is 2. The van der Waals surface area contributed by atoms with Gasteiger partial charge in [0.1, 0.15) is 0 Å². The van der Waals surface area contributed by atoms with Crippen LogP contribution in [0, 0.1) is 13.8 Å². The van der Waals surface area contributed by atoms with Crippen LogP contribution in [0.5, 0.6) is 5.88 Å². The van der Waals surface area contributed by atoms with Crippen molar-refractivity contribution in [1.29, 1.82) is 0 Å². The zero-order valence-corrected chi connectivity index (χ0v) is 14.1. The van der Waals surface area contributed by atoms with Crippen LogP contribution in [-0.4, -0.2) is 17.2 Å². The van der Waals surface area contributed by atoms with Crippen molar-refractivity contribution in [1.82, 2.24) is 10.3 Å². The van der Waals surface area contributed by atoms with Gasteiger partial charge < -0.3 is 15.4 Å². The second-order valence-electron chi connectivity index (χ2n) is 5.27. The van der Waals surface area contributed by atoms with Gasteiger partial charge >= 0.3 is 0 Å². The molecule has 0 radical (unpaired) electrons. The van der Waals surface area contributed by atoms with Gasteiger partial charge in [-0.2, -0.15) is 0 Å². The van der Waals surface area contributed by atoms with Crippen molar-refractivity contribution in [3.63, 3.8) is 0 Å². The molecule has 1 aromatic heterocycles. The Morgan fingerprint density at radius 1 is 1.23 bits per heavy atom. The van der Waals surface area contributed by atoms with Crippen molar-refractivity contribution in [2.75, 3.05) is 12.4 Å². The lowest BCUT2D eigenvalue weighted by Crippen LogP contribution is -2.31. The van der Waals surface area contributed by atoms with E-state index in [-0.39, 0.29) is 6.04 Å². The van der Waals surface area contributed by atoms with Crippen molar-refractivity contribution in [3.05, 3.63) is 53.2 Å². The third-order valence-corrected chi connectivity index (χ3v) is 3.66. The summed E-state index contributed by atoms with van der Waals surface area (Å²) in [6, 6.07) is 10.2. The van der Waals surface area contributed by atoms with Crippen LogP contribution in [0.1, 0.15) is 29.7 Å². The van der Waals surface area contributed by atoms with Crippen LogP contribution in [0.2, 0.25) is 0 Å². The second kappa shape index (κ2) is 7.22. The number of pyridine rings is 1. The number of thiocarbonyl (C=S) groups is 1. The first-order chi connectivity index (χ1) is 10.5. The topological polar surface area (TPSA) is 46.2 Å². The van der Waals surface area contributed by atoms with E-state index in [1.54, 1.807) is 19.4 Å². The van der Waals surface area contributed by atoms with Crippen molar-refractivity contribution in [2.24, 2.45) is 0 Å². The minimum atomic E-state index is 0.131. The Kier molecular flexibility index (Phi) is 5.33. The molecule has 2 rings (SSSR count). The van der Waals surface area contributed by atoms with E-state index < -0.39 is 0 Å². The first-order valence-corrected chi connectivity index (χ1v) is 7.55. The van der Waals surface area contributed by atoms with Crippen LogP contribution in [-0.2, 0) is 0 Å². The molecule has 4 nitrogen and oxygen atoms in total. The van der Waals surface area contributed by atoms with E-state index in [0.29, 0.717) is 11.0 Å². The highest BCUT2D eigenvalue weighted by molar-refractivity contribution is 7.80. The monoisotopic (exact) mass is 315 g/mol. The smallest absolute Gasteiger partial charge is 0.213 e. The highest BCUT2D eigenvalue weighted by Gasteiger charge is 2.10. The summed E-state index contributed by atoms with van der Waals surface area (Å²) in [6.45, 7) is 6.31. The Bertz CT molecular complexity index is 655. The quantitative estimate of drug-likeness (QED) is 0.841. The lowest BCUT2D eigenvalue weighted by Gasteiger charge is -2.19. The third kappa shape index (κ3) is 4.18. The van der Waals surface area contributed by atoms with E-state index in [4.69, 9.17) is 17.0 Å². The van der Waals surface area contributed by atoms with Crippen molar-refractivity contribution >= 4 is 23.0 Å². The number of hydrogen-bond acceptors (Lipinski definition) is 3. The van der Waals surface area contributed by atoms with Gasteiger partial charge in [-0.25, -0.2) is 4.98 Å². The number of aromatic nitrogens is 1. The van der Waals surface area contributed by atoms with E-state index in [1.165, 1.54) is 16.7 Å². The first-order valence-electron chi connectivity index (χ1n) is 7.14. The summed E-state index contributed by atoms with van der Waals surface area (Å²) in [6.07, 6.45) is 1.69. The van der Waals surface area contributed by atoms with Gasteiger partial charge in [-0.15, -0.1) is 0 Å². The maximum absolute atomic E-state index is 5.36. The summed E-state index contributed by atoms with van der Waals surface area (Å²) in [5, 5.41) is 6.99. The number of nitrogens with zero attached hydrogens (tertiary/aromatic N) is 1. The van der Waals surface area contributed by atoms with E-state index >= 15 is 0 Å². The molecule has 2 aromatic rings. The predicted molar refractivity (Wildman–Crippen MR) is 94.5 cm³/mol. The molecule has 0 aliphatic heterocycles. The molecule has 5 heteroatoms. The summed E-state index contributed by atoms with van der Waals surface area (Å²) in [5.41, 5.74) is 4.58. The lowest BCUT2D eigenvalue weighted by molar-refractivity contribution is 0.398. The normalized spacial score (nSPS) is 11.6. The third-order valence-electron chi connectivity index (χ3n) is 3.44. The fourth-order valence-corrected chi connectivity index (χ4v) is 2.62. The summed E-state index contributed by atoms with van der Waals surface area (Å²) in [7, 11) is 1.59. The standard InChI is InChI=1S/C17H21N3OS/c1-11-5-7-15(12(2)9-11)13(3)19-17(22)20-14-6-8-16(21-4)18-10-14/h5-10,13H,1-4H3,(H2,19,20,22). The van der Waals surface area contributed by atoms with Gasteiger partial charge in [0.15, 0.2) is 5.11 Å². The highest BCUT2D eigenvalue weighted by atomic mass is 32.1. The summed E-state index contributed by atoms with van der Waals surface area (Å²) < 4.78 is 5.03. The Hall–Kier alpha value is -2.14. The molecule has 0 saturated carbocycles. The second-order valence-corrected chi connectivity index (χ2v) is 5.68. The maximum atomic E-state index is 5.36. The molecule has 0 bridgehead atoms. The zero-order valence-electron chi connectivity index (χ0n) is 13.3. The van der Waals surface area contributed by atoms with Crippen molar-refractivity contribution in [2.45, 2.75) is 26.8 Å². The molecule has 0 saturated heterocycles. The molecule has 0 fully saturated rings. The van der Waals surface area contributed by atoms with Gasteiger partial charge in [0.2, 0.25) is 5.88 Å². The first kappa shape index (κ1) is 16.2. The van der Waals surface area contributed by atoms with E-state index in [1.807, 2.05) is 6.07 Å². The Balaban J connectivity index is 1.98. The van der Waals surface area contributed by atoms with Crippen LogP contribution < -0.4 is 15.4 Å². The summed E-state index contributed by atoms with van der Waals surface area (Å²) >= 11 is 5.36. The van der Waals surface area contributed by atoms with Crippen molar-refractivity contribution < 1.29 is 4.74 Å². The van der Waals surface area contributed by atoms with E-state index in [0.717, 1.165) is 5.69 Å². The fraction of sp³-hybridized carbons (Fsp3) is 0.294. The number of rotatable bonds is 4. The molecule has 0 aliphatic rings. The molecular formula is C17H21N3OS. The van der Waals surface area contributed by atoms with Gasteiger partial charge in [0, 0.05) is 6.07 Å². The van der Waals surface area contributed by atoms with Gasteiger partial charge in [-0.1, -0.05) is 23.8 Å². The molecule has 0 aliphatic carbocycles. The average molecular weight is 315 g/mol. The van der Waals surface area contributed by atoms with Crippen molar-refractivity contribution in [3.8, 4) is 5.88 Å². The molecule has 1 unspecified atom stereocenters. The van der Waals surface area contributed by atoms with E-state index in [2.05, 4.69) is 54.6 Å². The molecule has 0 spiro atoms. The summed E-state index contributed by atoms with van der Waals surface area (Å²) in [5.74, 6) is 0.577. The number of methoxy groups -OCH3 is 1. The molecule has 0 amide bonds. The SMILES string of the molecule is COc1ccc(NC(=S)NC(C)c2ccc(C)cc2C)cn1. The van der Waals surface area contributed by atoms with Crippen LogP contribution in [0.3, 0.4) is 0 Å². The van der Waals surface area contributed by atoms with Gasteiger partial charge in [0.25, 0.3) is 0 Å². The van der Waals surface area contributed by atoms with Gasteiger partial charge in [-0.05, 0) is 50.2 Å². The molecule has 1 atom stereocenters. The summed E-state index contributed by atoms with van der Waals surface area (Å²) in [4.78, 5) is 4.14. The maximum Gasteiger partial charge on any atom is 0.213 e. The number of benzene rings is 1. The molecular weight excluding hydrogens is 294 g/mol. The van der Waals surface area contributed by atoms with E-state index in [9.17, 15) is 0 Å². The van der Waals surface area contributed by atoms with Crippen LogP contribution >= 0.6 is 12.2 Å². The molecule has 1 aromatic carbocycles. The molecule has 1 heterocycles. The Morgan fingerprint density at radius 2 is 2.00 bits per heavy atom. The highest BCUT2D eigenvalue weighted by Crippen LogP contribution is 2.19. The zero-order chi connectivity index (χ0) is 16.1. The average Bonchev–Trinajstić information content (AvgIpc) is 2.47. The number of nitrogens with one attached hydrogen (secondary N) is 2. The molecule has 2 N–H and O–H groups in total. The Morgan fingerprint density at radius 3 is 2.59 bits per heavy atom. The van der Waals surface area contributed by atoms with Gasteiger partial charge in [0.05, 0.1) is 25.0 Å². The predicted octanol–water partition coefficient (Wildman–Crippen LogP) is 3.75. The van der Waals surface area contributed by atoms with Gasteiger partial charge in [-0.3, -0.25) is 0 Å². The molecule has 22 heavy (non-hydrogen) atoms. The minimum Gasteiger partial charge on any atom is -0.481 e. The Labute approximate surface area is 136 Å². The fourth-order valence-electron chi connectivity index (χ4n) is 2.33. The largest absolute Gasteiger partial charge is 0.481 e. The number of anilines is 1. The van der Waals surface area contributed by atoms with Crippen LogP contribution in [0.25, 0.3) is 0 Å².